The summed E-state index contributed by atoms with van der Waals surface area (Å²) in [6.45, 7) is 10.0. The van der Waals surface area contributed by atoms with Crippen molar-refractivity contribution < 1.29 is 19.1 Å². The number of piperazine rings is 2. The maximum absolute atomic E-state index is 14.5. The van der Waals surface area contributed by atoms with Crippen LogP contribution < -0.4 is 19.3 Å². The van der Waals surface area contributed by atoms with Gasteiger partial charge in [0.2, 0.25) is 11.8 Å². The Kier molecular flexibility index (Phi) is 14.9. The zero-order chi connectivity index (χ0) is 54.3. The minimum absolute atomic E-state index is 0.0570. The molecule has 6 atom stereocenters. The molecule has 16 heteroatoms. The molecule has 4 aliphatic heterocycles. The molecule has 79 heavy (non-hydrogen) atoms. The number of carbonyl (C=O) groups excluding carboxylic acids is 2. The Labute approximate surface area is 466 Å². The zero-order valence-electron chi connectivity index (χ0n) is 46.4. The third-order valence-electron chi connectivity index (χ3n) is 19.6. The molecule has 0 radical (unpaired) electrons. The number of likely N-dealkylation sites (N-methyl/N-ethyl adjacent to an activating group) is 2. The predicted molar refractivity (Wildman–Crippen MR) is 303 cm³/mol. The average Bonchev–Trinajstić information content (AvgIpc) is 4.28. The van der Waals surface area contributed by atoms with Crippen LogP contribution in [0.1, 0.15) is 121 Å². The Balaban J connectivity index is 0.781. The molecule has 12 rings (SSSR count). The lowest BCUT2D eigenvalue weighted by molar-refractivity contribution is -0.129. The zero-order valence-corrected chi connectivity index (χ0v) is 46.4. The Morgan fingerprint density at radius 2 is 1.20 bits per heavy atom. The summed E-state index contributed by atoms with van der Waals surface area (Å²) in [5, 5.41) is 20.0. The number of aromatic nitrogens is 4. The van der Waals surface area contributed by atoms with Crippen LogP contribution in [0, 0.1) is 22.7 Å². The second-order valence-electron chi connectivity index (χ2n) is 24.1. The van der Waals surface area contributed by atoms with Crippen molar-refractivity contribution in [3.05, 3.63) is 112 Å². The lowest BCUT2D eigenvalue weighted by Gasteiger charge is -2.45. The first kappa shape index (κ1) is 52.8. The maximum atomic E-state index is 14.5. The highest BCUT2D eigenvalue weighted by Crippen LogP contribution is 2.50. The van der Waals surface area contributed by atoms with Crippen LogP contribution in [0.15, 0.2) is 61.2 Å². The van der Waals surface area contributed by atoms with Gasteiger partial charge in [-0.15, -0.1) is 0 Å². The van der Waals surface area contributed by atoms with Crippen molar-refractivity contribution in [3.63, 3.8) is 0 Å². The Morgan fingerprint density at radius 3 is 1.77 bits per heavy atom. The van der Waals surface area contributed by atoms with E-state index in [1.807, 2.05) is 11.0 Å². The summed E-state index contributed by atoms with van der Waals surface area (Å²) in [7, 11) is 4.31. The van der Waals surface area contributed by atoms with E-state index in [0.29, 0.717) is 76.6 Å². The number of anilines is 2. The first-order valence-corrected chi connectivity index (χ1v) is 29.4. The quantitative estimate of drug-likeness (QED) is 0.124. The van der Waals surface area contributed by atoms with Gasteiger partial charge in [0, 0.05) is 79.4 Å². The second-order valence-corrected chi connectivity index (χ2v) is 24.1. The molecule has 2 unspecified atom stereocenters. The minimum Gasteiger partial charge on any atom is -0.462 e. The Hall–Kier alpha value is -6.88. The largest absolute Gasteiger partial charge is 0.462 e. The van der Waals surface area contributed by atoms with Gasteiger partial charge in [0.25, 0.3) is 0 Å². The maximum Gasteiger partial charge on any atom is 0.318 e. The molecule has 2 aromatic carbocycles. The van der Waals surface area contributed by atoms with E-state index in [4.69, 9.17) is 29.4 Å². The van der Waals surface area contributed by atoms with Gasteiger partial charge in [-0.3, -0.25) is 9.59 Å². The fourth-order valence-corrected chi connectivity index (χ4v) is 15.1. The van der Waals surface area contributed by atoms with Crippen LogP contribution in [-0.2, 0) is 58.9 Å². The molecule has 4 aliphatic carbocycles. The van der Waals surface area contributed by atoms with Crippen LogP contribution in [0.25, 0.3) is 6.08 Å². The van der Waals surface area contributed by atoms with Crippen LogP contribution in [0.5, 0.6) is 12.0 Å². The van der Waals surface area contributed by atoms with Crippen molar-refractivity contribution in [2.24, 2.45) is 0 Å². The van der Waals surface area contributed by atoms with Crippen LogP contribution in [-0.4, -0.2) is 155 Å². The van der Waals surface area contributed by atoms with Crippen molar-refractivity contribution in [2.75, 3.05) is 89.5 Å². The molecule has 4 aromatic rings. The van der Waals surface area contributed by atoms with Crippen molar-refractivity contribution in [1.29, 1.82) is 10.5 Å². The highest BCUT2D eigenvalue weighted by molar-refractivity contribution is 5.92. The van der Waals surface area contributed by atoms with Gasteiger partial charge in [0.1, 0.15) is 24.8 Å². The molecule has 2 amide bonds. The number of amides is 2. The van der Waals surface area contributed by atoms with E-state index in [1.165, 1.54) is 33.9 Å². The summed E-state index contributed by atoms with van der Waals surface area (Å²) in [5.41, 5.74) is 10.8. The average molecular weight is 1070 g/mol. The Morgan fingerprint density at radius 1 is 0.646 bits per heavy atom. The van der Waals surface area contributed by atoms with Gasteiger partial charge in [-0.1, -0.05) is 49.0 Å². The van der Waals surface area contributed by atoms with E-state index >= 15 is 0 Å². The van der Waals surface area contributed by atoms with Crippen molar-refractivity contribution in [3.8, 4) is 24.2 Å². The monoisotopic (exact) mass is 1060 g/mol. The molecule has 8 aliphatic rings. The van der Waals surface area contributed by atoms with Crippen molar-refractivity contribution >= 4 is 29.5 Å². The molecule has 4 saturated heterocycles. The molecular weight excluding hydrogens is 989 g/mol. The van der Waals surface area contributed by atoms with Gasteiger partial charge >= 0.3 is 12.0 Å². The predicted octanol–water partition coefficient (Wildman–Crippen LogP) is 7.11. The normalized spacial score (nSPS) is 26.6. The first-order chi connectivity index (χ1) is 38.5. The van der Waals surface area contributed by atoms with E-state index in [1.54, 1.807) is 11.0 Å². The molecule has 2 aromatic heterocycles. The fraction of sp³-hybridized carbons (Fsp3) is 0.556. The SMILES string of the molecule is C=CC(=O)N1CCN(c2nc(OC[C@@H]3CCCN3C)nc3c2CCC2(CCCc4ccc(/C=C/C(=O)N5CCN(c6nc(OCC7CCCN7C)nc7c6CC[C@]6(CCc8ccccc86)C7)C[C@@H]5CC#N)cc42)C3)C[C@H]1CC#N. The smallest absolute Gasteiger partial charge is 0.318 e. The minimum atomic E-state index is -0.320. The summed E-state index contributed by atoms with van der Waals surface area (Å²) in [6, 6.07) is 21.2. The number of likely N-dealkylation sites (tertiary alicyclic amines) is 2. The number of carbonyl (C=O) groups is 2. The number of nitriles is 2. The lowest BCUT2D eigenvalue weighted by Crippen LogP contribution is -2.55. The summed E-state index contributed by atoms with van der Waals surface area (Å²) < 4.78 is 13.0. The van der Waals surface area contributed by atoms with Gasteiger partial charge in [-0.05, 0) is 163 Å². The molecule has 2 spiro atoms. The van der Waals surface area contributed by atoms with Gasteiger partial charge in [-0.2, -0.15) is 30.5 Å². The second kappa shape index (κ2) is 22.3. The number of nitrogens with zero attached hydrogens (tertiary/aromatic N) is 12. The highest BCUT2D eigenvalue weighted by atomic mass is 16.5. The number of rotatable bonds is 13. The summed E-state index contributed by atoms with van der Waals surface area (Å²) >= 11 is 0. The topological polar surface area (TPSA) is 171 Å². The van der Waals surface area contributed by atoms with E-state index in [-0.39, 0.29) is 47.6 Å². The molecule has 0 N–H and O–H groups in total. The standard InChI is InChI=1S/C63H76N12O4/c1-4-56(76)74-34-32-72(39-46(74)22-28-64)58-50-20-26-62(37-54(50)66-60(68-58)78-41-48-12-8-30-70(48)2)24-7-11-44-17-15-43(36-53(44)62)16-18-57(77)75-35-33-73(40-47(75)23-29-65)59-51-21-27-63(25-19-45-10-5-6-14-52(45)63)38-55(51)67-61(69-59)79-42-49-13-9-31-71(49)3/h4-6,10,14-18,36,46-49H,1,7-9,11-13,19-27,30-35,37-42H2,2-3H3/b18-16+/t46-,47+,48+,49?,62?,63-/m1/s1. The molecule has 4 fully saturated rings. The molecular formula is C63H76N12O4. The van der Waals surface area contributed by atoms with E-state index in [9.17, 15) is 20.1 Å². The van der Waals surface area contributed by atoms with E-state index < -0.39 is 0 Å². The molecule has 6 heterocycles. The molecule has 0 bridgehead atoms. The fourth-order valence-electron chi connectivity index (χ4n) is 15.1. The molecule has 412 valence electrons. The number of aryl methyl sites for hydroxylation is 2. The van der Waals surface area contributed by atoms with Crippen LogP contribution in [0.2, 0.25) is 0 Å². The molecule has 16 nitrogen and oxygen atoms in total. The van der Waals surface area contributed by atoms with Crippen molar-refractivity contribution in [1.82, 2.24) is 39.5 Å². The van der Waals surface area contributed by atoms with Crippen LogP contribution >= 0.6 is 0 Å². The molecule has 0 saturated carbocycles. The van der Waals surface area contributed by atoms with Gasteiger partial charge < -0.3 is 38.9 Å². The van der Waals surface area contributed by atoms with Gasteiger partial charge in [0.15, 0.2) is 0 Å². The van der Waals surface area contributed by atoms with E-state index in [0.717, 1.165) is 144 Å². The first-order valence-electron chi connectivity index (χ1n) is 29.4. The number of hydrogen-bond donors (Lipinski definition) is 0. The van der Waals surface area contributed by atoms with Gasteiger partial charge in [-0.25, -0.2) is 0 Å². The highest BCUT2D eigenvalue weighted by Gasteiger charge is 2.45. The third kappa shape index (κ3) is 10.4. The van der Waals surface area contributed by atoms with Crippen LogP contribution in [0.3, 0.4) is 0 Å². The number of hydrogen-bond acceptors (Lipinski definition) is 14. The van der Waals surface area contributed by atoms with Crippen LogP contribution in [0.4, 0.5) is 11.6 Å². The van der Waals surface area contributed by atoms with Gasteiger partial charge in [0.05, 0.1) is 48.5 Å². The third-order valence-corrected chi connectivity index (χ3v) is 19.6. The number of ether oxygens (including phenoxy) is 2. The number of benzene rings is 2. The lowest BCUT2D eigenvalue weighted by atomic mass is 9.62. The number of fused-ring (bicyclic) bond motifs is 6. The Bertz CT molecular complexity index is 3110. The summed E-state index contributed by atoms with van der Waals surface area (Å²) in [6.07, 6.45) is 20.4. The van der Waals surface area contributed by atoms with E-state index in [2.05, 4.69) is 94.9 Å². The summed E-state index contributed by atoms with van der Waals surface area (Å²) in [4.78, 5) is 61.0. The summed E-state index contributed by atoms with van der Waals surface area (Å²) in [5.74, 6) is 1.50. The van der Waals surface area contributed by atoms with Crippen molar-refractivity contribution in [2.45, 2.75) is 144 Å².